The lowest BCUT2D eigenvalue weighted by Gasteiger charge is -2.37. The van der Waals surface area contributed by atoms with Gasteiger partial charge < -0.3 is 35.3 Å². The Balaban J connectivity index is 0.00000125. The van der Waals surface area contributed by atoms with E-state index in [0.29, 0.717) is 43.9 Å². The van der Waals surface area contributed by atoms with Gasteiger partial charge >= 0.3 is 11.9 Å². The van der Waals surface area contributed by atoms with Crippen LogP contribution in [0.2, 0.25) is 0 Å². The van der Waals surface area contributed by atoms with E-state index < -0.39 is 16.9 Å². The van der Waals surface area contributed by atoms with Crippen molar-refractivity contribution in [2.24, 2.45) is 0 Å². The number of nitro groups is 1. The fourth-order valence-corrected chi connectivity index (χ4v) is 4.41. The summed E-state index contributed by atoms with van der Waals surface area (Å²) in [5.41, 5.74) is 1.86. The van der Waals surface area contributed by atoms with Gasteiger partial charge in [0.05, 0.1) is 16.6 Å². The fraction of sp³-hybridized carbons (Fsp3) is 0.414. The predicted molar refractivity (Wildman–Crippen MR) is 160 cm³/mol. The van der Waals surface area contributed by atoms with Crippen molar-refractivity contribution >= 4 is 35.1 Å². The van der Waals surface area contributed by atoms with Crippen LogP contribution in [0.25, 0.3) is 0 Å². The number of non-ortho nitro benzene ring substituents is 1. The lowest BCUT2D eigenvalue weighted by molar-refractivity contribution is -0.384. The first-order valence-electron chi connectivity index (χ1n) is 13.8. The largest absolute Gasteiger partial charge is 0.473 e. The second kappa shape index (κ2) is 18.5. The molecule has 15 nitrogen and oxygen atoms in total. The number of amides is 2. The molecular weight excluding hydrogens is 576 g/mol. The smallest absolute Gasteiger partial charge is 0.414 e. The van der Waals surface area contributed by atoms with Crippen LogP contribution in [0.3, 0.4) is 0 Å². The molecule has 2 amide bonds. The average Bonchev–Trinajstić information content (AvgIpc) is 3.02. The Bertz CT molecular complexity index is 1290. The fourth-order valence-electron chi connectivity index (χ4n) is 4.41. The van der Waals surface area contributed by atoms with E-state index in [0.717, 1.165) is 31.7 Å². The Hall–Kier alpha value is -5.07. The normalized spacial score (nSPS) is 12.2. The summed E-state index contributed by atoms with van der Waals surface area (Å²) in [7, 11) is 0. The predicted octanol–water partition coefficient (Wildman–Crippen LogP) is 1.32. The van der Waals surface area contributed by atoms with E-state index in [1.807, 2.05) is 0 Å². The van der Waals surface area contributed by atoms with Gasteiger partial charge in [-0.05, 0) is 62.5 Å². The number of rotatable bonds is 11. The molecule has 238 valence electrons. The molecule has 0 saturated carbocycles. The molecule has 0 aromatic heterocycles. The van der Waals surface area contributed by atoms with Gasteiger partial charge in [0.2, 0.25) is 5.91 Å². The summed E-state index contributed by atoms with van der Waals surface area (Å²) in [6.07, 6.45) is 0.755. The van der Waals surface area contributed by atoms with Crippen molar-refractivity contribution in [1.82, 2.24) is 14.7 Å². The number of benzene rings is 2. The summed E-state index contributed by atoms with van der Waals surface area (Å²) < 4.78 is 0. The first kappa shape index (κ1) is 37.0. The van der Waals surface area contributed by atoms with Gasteiger partial charge in [-0.1, -0.05) is 13.8 Å². The molecule has 2 aromatic carbocycles. The molecule has 3 rings (SSSR count). The lowest BCUT2D eigenvalue weighted by atomic mass is 10.1. The van der Waals surface area contributed by atoms with Crippen LogP contribution >= 0.6 is 0 Å². The Morgan fingerprint density at radius 3 is 1.91 bits per heavy atom. The van der Waals surface area contributed by atoms with Crippen molar-refractivity contribution in [2.75, 3.05) is 63.8 Å². The van der Waals surface area contributed by atoms with E-state index in [1.54, 1.807) is 46.2 Å². The molecule has 0 radical (unpaired) electrons. The number of carboxylic acid groups (broad SMARTS) is 2. The van der Waals surface area contributed by atoms with Gasteiger partial charge in [-0.3, -0.25) is 19.7 Å². The first-order chi connectivity index (χ1) is 20.5. The van der Waals surface area contributed by atoms with Gasteiger partial charge in [0.15, 0.2) is 0 Å². The second-order valence-corrected chi connectivity index (χ2v) is 9.55. The maximum atomic E-state index is 13.3. The molecule has 15 heteroatoms. The number of carbonyl (C=O) groups is 4. The summed E-state index contributed by atoms with van der Waals surface area (Å²) in [5, 5.41) is 34.7. The molecule has 1 aliphatic heterocycles. The molecule has 2 aromatic rings. The molecule has 0 bridgehead atoms. The number of nitrogens with zero attached hydrogens (tertiary/aromatic N) is 6. The summed E-state index contributed by atoms with van der Waals surface area (Å²) in [4.78, 5) is 62.9. The highest BCUT2D eigenvalue weighted by atomic mass is 16.6. The van der Waals surface area contributed by atoms with Crippen molar-refractivity contribution in [2.45, 2.75) is 20.3 Å². The van der Waals surface area contributed by atoms with Crippen molar-refractivity contribution < 1.29 is 39.8 Å². The van der Waals surface area contributed by atoms with E-state index in [4.69, 9.17) is 25.1 Å². The minimum atomic E-state index is -1.82. The zero-order valence-corrected chi connectivity index (χ0v) is 24.7. The Morgan fingerprint density at radius 1 is 0.909 bits per heavy atom. The van der Waals surface area contributed by atoms with E-state index in [-0.39, 0.29) is 29.5 Å². The van der Waals surface area contributed by atoms with E-state index in [9.17, 15) is 19.7 Å². The molecule has 1 fully saturated rings. The van der Waals surface area contributed by atoms with Crippen molar-refractivity contribution in [1.29, 1.82) is 5.26 Å². The maximum Gasteiger partial charge on any atom is 0.414 e. The van der Waals surface area contributed by atoms with Crippen LogP contribution in [0.15, 0.2) is 48.5 Å². The third-order valence-corrected chi connectivity index (χ3v) is 6.91. The Morgan fingerprint density at radius 2 is 1.45 bits per heavy atom. The van der Waals surface area contributed by atoms with E-state index in [1.165, 1.54) is 12.1 Å². The number of carboxylic acids is 2. The van der Waals surface area contributed by atoms with Crippen molar-refractivity contribution in [3.63, 3.8) is 0 Å². The highest BCUT2D eigenvalue weighted by molar-refractivity contribution is 6.27. The zero-order chi connectivity index (χ0) is 31.9. The van der Waals surface area contributed by atoms with Crippen LogP contribution in [0.1, 0.15) is 36.2 Å². The monoisotopic (exact) mass is 614 g/mol. The van der Waals surface area contributed by atoms with E-state index >= 15 is 0 Å². The van der Waals surface area contributed by atoms with Crippen LogP contribution in [-0.4, -0.2) is 118 Å². The van der Waals surface area contributed by atoms with Crippen molar-refractivity contribution in [3.8, 4) is 6.07 Å². The summed E-state index contributed by atoms with van der Waals surface area (Å²) >= 11 is 0. The van der Waals surface area contributed by atoms with Crippen LogP contribution < -0.4 is 4.90 Å². The van der Waals surface area contributed by atoms with Gasteiger partial charge in [0, 0.05) is 56.1 Å². The minimum Gasteiger partial charge on any atom is -0.473 e. The summed E-state index contributed by atoms with van der Waals surface area (Å²) in [5.74, 6) is -3.97. The molecule has 1 heterocycles. The summed E-state index contributed by atoms with van der Waals surface area (Å²) in [6.45, 7) is 9.58. The Kier molecular flexibility index (Phi) is 15.5. The van der Waals surface area contributed by atoms with Gasteiger partial charge in [-0.15, -0.1) is 0 Å². The topological polar surface area (TPSA) is 220 Å². The van der Waals surface area contributed by atoms with Crippen LogP contribution in [-0.2, 0) is 14.4 Å². The molecule has 0 unspecified atom stereocenters. The third kappa shape index (κ3) is 11.3. The van der Waals surface area contributed by atoms with Gasteiger partial charge in [0.1, 0.15) is 6.54 Å². The number of hydrogen-bond donors (Lipinski definition) is 2. The van der Waals surface area contributed by atoms with Crippen LogP contribution in [0.5, 0.6) is 0 Å². The third-order valence-electron chi connectivity index (χ3n) is 6.91. The Labute approximate surface area is 254 Å². The van der Waals surface area contributed by atoms with Gasteiger partial charge in [-0.2, -0.15) is 5.26 Å². The number of carbonyl (C=O) groups excluding carboxylic acids is 2. The minimum absolute atomic E-state index is 0. The summed E-state index contributed by atoms with van der Waals surface area (Å²) in [6, 6.07) is 15.0. The molecular formula is C29H38N6O9. The molecule has 0 spiro atoms. The van der Waals surface area contributed by atoms with Crippen LogP contribution in [0.4, 0.5) is 11.4 Å². The number of hydrogen-bond acceptors (Lipinski definition) is 9. The highest BCUT2D eigenvalue weighted by Gasteiger charge is 2.26. The molecule has 0 atom stereocenters. The van der Waals surface area contributed by atoms with E-state index in [2.05, 4.69) is 29.7 Å². The zero-order valence-electron chi connectivity index (χ0n) is 24.7. The first-order valence-corrected chi connectivity index (χ1v) is 13.8. The highest BCUT2D eigenvalue weighted by Crippen LogP contribution is 2.21. The maximum absolute atomic E-state index is 13.3. The standard InChI is InChI=1S/C27H34N6O4.C2H2O4.H2O/c1-3-29(4-2)14-5-15-32(27(35)23-8-6-22(20-28)7-9-23)21-26(34)31-18-16-30(17-19-31)24-10-12-25(13-11-24)33(36)37;3-1(4)2(5)6;/h6-13H,3-5,14-19,21H2,1-2H3;(H,3,4)(H,5,6);1H2. The number of piperazine rings is 1. The average molecular weight is 615 g/mol. The van der Waals surface area contributed by atoms with Gasteiger partial charge in [-0.25, -0.2) is 9.59 Å². The second-order valence-electron chi connectivity index (χ2n) is 9.55. The number of aliphatic carboxylic acids is 2. The molecule has 44 heavy (non-hydrogen) atoms. The number of nitro benzene ring substituents is 1. The quantitative estimate of drug-likeness (QED) is 0.209. The lowest BCUT2D eigenvalue weighted by Crippen LogP contribution is -2.52. The SMILES string of the molecule is CCN(CC)CCCN(CC(=O)N1CCN(c2ccc([N+](=O)[O-])cc2)CC1)C(=O)c1ccc(C#N)cc1.O.O=C(O)C(=O)O. The van der Waals surface area contributed by atoms with Crippen LogP contribution in [0, 0.1) is 21.4 Å². The molecule has 1 saturated heterocycles. The molecule has 4 N–H and O–H groups in total. The molecule has 0 aliphatic carbocycles. The van der Waals surface area contributed by atoms with Crippen molar-refractivity contribution in [3.05, 3.63) is 69.8 Å². The van der Waals surface area contributed by atoms with Gasteiger partial charge in [0.25, 0.3) is 11.6 Å². The number of anilines is 1. The molecule has 1 aliphatic rings. The number of nitriles is 1.